The second-order valence-corrected chi connectivity index (χ2v) is 5.77. The van der Waals surface area contributed by atoms with Gasteiger partial charge in [-0.1, -0.05) is 20.8 Å². The van der Waals surface area contributed by atoms with Crippen molar-refractivity contribution in [2.24, 2.45) is 0 Å². The molecule has 0 nitrogen and oxygen atoms in total. The first kappa shape index (κ1) is 11.9. The van der Waals surface area contributed by atoms with Crippen LogP contribution in [0.1, 0.15) is 35.9 Å². The van der Waals surface area contributed by atoms with Crippen molar-refractivity contribution >= 4 is 22.9 Å². The maximum atomic E-state index is 12.3. The highest BCUT2D eigenvalue weighted by Crippen LogP contribution is 2.36. The molecule has 0 aliphatic heterocycles. The van der Waals surface area contributed by atoms with Gasteiger partial charge in [0.25, 0.3) is 6.43 Å². The maximum absolute atomic E-state index is 12.3. The fourth-order valence-corrected chi connectivity index (χ4v) is 2.28. The number of halogens is 3. The minimum absolute atomic E-state index is 0.00163. The summed E-state index contributed by atoms with van der Waals surface area (Å²) in [6, 6.07) is 3.56. The van der Waals surface area contributed by atoms with Crippen LogP contribution in [0.25, 0.3) is 0 Å². The molecule has 1 aromatic heterocycles. The van der Waals surface area contributed by atoms with Gasteiger partial charge in [-0.2, -0.15) is 0 Å². The minimum Gasteiger partial charge on any atom is -0.208 e. The first-order valence-corrected chi connectivity index (χ1v) is 5.60. The van der Waals surface area contributed by atoms with E-state index in [2.05, 4.69) is 0 Å². The molecule has 0 aromatic carbocycles. The molecule has 4 heteroatoms. The van der Waals surface area contributed by atoms with Crippen LogP contribution < -0.4 is 0 Å². The van der Waals surface area contributed by atoms with Crippen LogP contribution in [0.4, 0.5) is 8.78 Å². The lowest BCUT2D eigenvalue weighted by molar-refractivity contribution is 0.144. The molecule has 0 aliphatic rings. The maximum Gasteiger partial charge on any atom is 0.259 e. The van der Waals surface area contributed by atoms with Crippen LogP contribution in [0, 0.1) is 0 Å². The molecule has 0 N–H and O–H groups in total. The smallest absolute Gasteiger partial charge is 0.208 e. The summed E-state index contributed by atoms with van der Waals surface area (Å²) >= 11 is 6.93. The molecule has 1 aromatic rings. The van der Waals surface area contributed by atoms with E-state index in [1.807, 2.05) is 26.8 Å². The van der Waals surface area contributed by atoms with Crippen molar-refractivity contribution in [2.45, 2.75) is 38.0 Å². The summed E-state index contributed by atoms with van der Waals surface area (Å²) < 4.78 is 24.6. The Labute approximate surface area is 91.9 Å². The Morgan fingerprint density at radius 1 is 1.29 bits per heavy atom. The SMILES string of the molecule is CC(C)(C)c1ccc(C(Cl)C(F)F)s1. The first-order chi connectivity index (χ1) is 6.32. The van der Waals surface area contributed by atoms with Crippen molar-refractivity contribution in [1.82, 2.24) is 0 Å². The highest BCUT2D eigenvalue weighted by Gasteiger charge is 2.23. The predicted octanol–water partition coefficient (Wildman–Crippen LogP) is 4.59. The highest BCUT2D eigenvalue weighted by molar-refractivity contribution is 7.12. The molecule has 0 saturated carbocycles. The van der Waals surface area contributed by atoms with E-state index in [4.69, 9.17) is 11.6 Å². The van der Waals surface area contributed by atoms with Gasteiger partial charge in [0, 0.05) is 9.75 Å². The molecule has 1 heterocycles. The molecule has 1 atom stereocenters. The van der Waals surface area contributed by atoms with E-state index in [-0.39, 0.29) is 5.41 Å². The van der Waals surface area contributed by atoms with Gasteiger partial charge >= 0.3 is 0 Å². The predicted molar refractivity (Wildman–Crippen MR) is 57.6 cm³/mol. The zero-order valence-corrected chi connectivity index (χ0v) is 9.92. The van der Waals surface area contributed by atoms with Gasteiger partial charge in [-0.25, -0.2) is 8.78 Å². The van der Waals surface area contributed by atoms with Crippen LogP contribution in [-0.4, -0.2) is 6.43 Å². The van der Waals surface area contributed by atoms with Crippen molar-refractivity contribution in [2.75, 3.05) is 0 Å². The van der Waals surface area contributed by atoms with Gasteiger partial charge in [0.15, 0.2) is 0 Å². The van der Waals surface area contributed by atoms with Crippen molar-refractivity contribution in [1.29, 1.82) is 0 Å². The lowest BCUT2D eigenvalue weighted by atomic mass is 9.95. The molecule has 0 amide bonds. The van der Waals surface area contributed by atoms with Crippen LogP contribution in [0.5, 0.6) is 0 Å². The quantitative estimate of drug-likeness (QED) is 0.661. The number of hydrogen-bond donors (Lipinski definition) is 0. The first-order valence-electron chi connectivity index (χ1n) is 4.35. The third kappa shape index (κ3) is 2.67. The van der Waals surface area contributed by atoms with Gasteiger partial charge in [0.1, 0.15) is 5.38 Å². The molecule has 0 spiro atoms. The van der Waals surface area contributed by atoms with Crippen LogP contribution in [0.2, 0.25) is 0 Å². The van der Waals surface area contributed by atoms with Crippen molar-refractivity contribution in [3.63, 3.8) is 0 Å². The van der Waals surface area contributed by atoms with Crippen molar-refractivity contribution in [3.05, 3.63) is 21.9 Å². The average Bonchev–Trinajstić information content (AvgIpc) is 2.49. The lowest BCUT2D eigenvalue weighted by Gasteiger charge is -2.15. The van der Waals surface area contributed by atoms with E-state index in [0.717, 1.165) is 4.88 Å². The van der Waals surface area contributed by atoms with Crippen LogP contribution in [0.3, 0.4) is 0 Å². The number of hydrogen-bond acceptors (Lipinski definition) is 1. The molecular formula is C10H13ClF2S. The number of alkyl halides is 3. The fraction of sp³-hybridized carbons (Fsp3) is 0.600. The summed E-state index contributed by atoms with van der Waals surface area (Å²) in [4.78, 5) is 1.63. The van der Waals surface area contributed by atoms with Gasteiger partial charge < -0.3 is 0 Å². The molecule has 1 unspecified atom stereocenters. The molecule has 0 radical (unpaired) electrons. The Morgan fingerprint density at radius 3 is 2.21 bits per heavy atom. The summed E-state index contributed by atoms with van der Waals surface area (Å²) in [5.41, 5.74) is 0.00163. The molecule has 0 aliphatic carbocycles. The van der Waals surface area contributed by atoms with Gasteiger partial charge in [-0.3, -0.25) is 0 Å². The molecule has 0 bridgehead atoms. The molecular weight excluding hydrogens is 226 g/mol. The van der Waals surface area contributed by atoms with Crippen LogP contribution in [0.15, 0.2) is 12.1 Å². The number of thiophene rings is 1. The van der Waals surface area contributed by atoms with E-state index < -0.39 is 11.8 Å². The normalized spacial score (nSPS) is 14.8. The summed E-state index contributed by atoms with van der Waals surface area (Å²) in [5.74, 6) is 0. The summed E-state index contributed by atoms with van der Waals surface area (Å²) in [6.07, 6.45) is -2.50. The van der Waals surface area contributed by atoms with E-state index >= 15 is 0 Å². The van der Waals surface area contributed by atoms with E-state index in [9.17, 15) is 8.78 Å². The van der Waals surface area contributed by atoms with E-state index in [1.165, 1.54) is 11.3 Å². The largest absolute Gasteiger partial charge is 0.259 e. The second-order valence-electron chi connectivity index (χ2n) is 4.19. The Bertz CT molecular complexity index is 301. The molecule has 14 heavy (non-hydrogen) atoms. The highest BCUT2D eigenvalue weighted by atomic mass is 35.5. The van der Waals surface area contributed by atoms with E-state index in [0.29, 0.717) is 4.88 Å². The molecule has 0 saturated heterocycles. The van der Waals surface area contributed by atoms with Crippen LogP contribution in [-0.2, 0) is 5.41 Å². The Morgan fingerprint density at radius 2 is 1.86 bits per heavy atom. The Hall–Kier alpha value is -0.150. The Kier molecular flexibility index (Phi) is 3.53. The van der Waals surface area contributed by atoms with Crippen molar-refractivity contribution in [3.8, 4) is 0 Å². The van der Waals surface area contributed by atoms with Crippen molar-refractivity contribution < 1.29 is 8.78 Å². The lowest BCUT2D eigenvalue weighted by Crippen LogP contribution is -2.07. The molecule has 0 fully saturated rings. The third-order valence-electron chi connectivity index (χ3n) is 1.86. The van der Waals surface area contributed by atoms with Gasteiger partial charge in [-0.05, 0) is 17.5 Å². The Balaban J connectivity index is 2.89. The zero-order chi connectivity index (χ0) is 10.9. The average molecular weight is 239 g/mol. The third-order valence-corrected chi connectivity index (χ3v) is 4.01. The fourth-order valence-electron chi connectivity index (χ4n) is 1.03. The zero-order valence-electron chi connectivity index (χ0n) is 8.35. The minimum atomic E-state index is -2.50. The van der Waals surface area contributed by atoms with Gasteiger partial charge in [0.2, 0.25) is 0 Å². The monoisotopic (exact) mass is 238 g/mol. The van der Waals surface area contributed by atoms with Gasteiger partial charge in [0.05, 0.1) is 0 Å². The second kappa shape index (κ2) is 4.15. The molecule has 1 rings (SSSR count). The summed E-state index contributed by atoms with van der Waals surface area (Å²) in [6.45, 7) is 6.15. The summed E-state index contributed by atoms with van der Waals surface area (Å²) in [7, 11) is 0. The van der Waals surface area contributed by atoms with Gasteiger partial charge in [-0.15, -0.1) is 22.9 Å². The van der Waals surface area contributed by atoms with E-state index in [1.54, 1.807) is 6.07 Å². The molecule has 80 valence electrons. The standard InChI is InChI=1S/C10H13ClF2S/c1-10(2,3)7-5-4-6(14-7)8(11)9(12)13/h4-5,8-9H,1-3H3. The summed E-state index contributed by atoms with van der Waals surface area (Å²) in [5, 5.41) is -1.17. The number of rotatable bonds is 2. The van der Waals surface area contributed by atoms with Crippen LogP contribution >= 0.6 is 22.9 Å². The topological polar surface area (TPSA) is 0 Å².